The number of nitrogens with one attached hydrogen (secondary N) is 1. The molecule has 0 amide bonds. The summed E-state index contributed by atoms with van der Waals surface area (Å²) in [6, 6.07) is 5.79. The van der Waals surface area contributed by atoms with Crippen LogP contribution in [0.2, 0.25) is 0 Å². The number of benzene rings is 1. The summed E-state index contributed by atoms with van der Waals surface area (Å²) in [6.07, 6.45) is 0. The minimum Gasteiger partial charge on any atom is -0.495 e. The van der Waals surface area contributed by atoms with Gasteiger partial charge in [0.1, 0.15) is 5.75 Å². The molecular weight excluding hydrogens is 248 g/mol. The fourth-order valence-electron chi connectivity index (χ4n) is 1.59. The van der Waals surface area contributed by atoms with Gasteiger partial charge in [-0.3, -0.25) is 0 Å². The van der Waals surface area contributed by atoms with Gasteiger partial charge >= 0.3 is 0 Å². The van der Waals surface area contributed by atoms with Crippen LogP contribution < -0.4 is 21.5 Å². The van der Waals surface area contributed by atoms with Gasteiger partial charge in [0.05, 0.1) is 12.8 Å². The van der Waals surface area contributed by atoms with Crippen molar-refractivity contribution in [2.45, 2.75) is 19.8 Å². The highest BCUT2D eigenvalue weighted by Crippen LogP contribution is 2.33. The van der Waals surface area contributed by atoms with Crippen LogP contribution in [0.25, 0.3) is 0 Å². The maximum absolute atomic E-state index is 5.31. The maximum Gasteiger partial charge on any atom is 0.200 e. The summed E-state index contributed by atoms with van der Waals surface area (Å²) in [5.74, 6) is 0.951. The van der Waals surface area contributed by atoms with Crippen LogP contribution in [0.3, 0.4) is 0 Å². The molecule has 0 aliphatic heterocycles. The first-order valence-corrected chi connectivity index (χ1v) is 5.94. The fourth-order valence-corrected chi connectivity index (χ4v) is 1.79. The van der Waals surface area contributed by atoms with Crippen LogP contribution in [0.1, 0.15) is 25.3 Å². The highest BCUT2D eigenvalue weighted by atomic mass is 32.1. The number of guanidine groups is 1. The number of rotatable bonds is 3. The minimum absolute atomic E-state index is 0.0755. The monoisotopic (exact) mass is 266 g/mol. The van der Waals surface area contributed by atoms with E-state index in [1.165, 1.54) is 0 Å². The number of ether oxygens (including phenoxy) is 1. The average Bonchev–Trinajstić information content (AvgIpc) is 2.27. The third kappa shape index (κ3) is 3.59. The lowest BCUT2D eigenvalue weighted by molar-refractivity contribution is 0.416. The van der Waals surface area contributed by atoms with E-state index in [1.807, 2.05) is 18.2 Å². The van der Waals surface area contributed by atoms with Gasteiger partial charge in [-0.1, -0.05) is 26.0 Å². The van der Waals surface area contributed by atoms with E-state index in [4.69, 9.17) is 28.4 Å². The Morgan fingerprint density at radius 1 is 1.39 bits per heavy atom. The lowest BCUT2D eigenvalue weighted by atomic mass is 10.0. The molecule has 1 aromatic rings. The van der Waals surface area contributed by atoms with Crippen molar-refractivity contribution in [1.29, 1.82) is 0 Å². The van der Waals surface area contributed by atoms with Crippen molar-refractivity contribution in [2.75, 3.05) is 12.4 Å². The molecule has 0 atom stereocenters. The van der Waals surface area contributed by atoms with Crippen LogP contribution in [0.15, 0.2) is 23.2 Å². The molecule has 18 heavy (non-hydrogen) atoms. The summed E-state index contributed by atoms with van der Waals surface area (Å²) in [7, 11) is 1.61. The Kier molecular flexibility index (Phi) is 4.91. The van der Waals surface area contributed by atoms with E-state index in [2.05, 4.69) is 24.2 Å². The molecule has 5 nitrogen and oxygen atoms in total. The van der Waals surface area contributed by atoms with Gasteiger partial charge < -0.3 is 21.5 Å². The predicted octanol–water partition coefficient (Wildman–Crippen LogP) is 1.79. The van der Waals surface area contributed by atoms with Crippen molar-refractivity contribution in [3.63, 3.8) is 0 Å². The first kappa shape index (κ1) is 14.2. The van der Waals surface area contributed by atoms with Crippen LogP contribution in [0.5, 0.6) is 5.75 Å². The molecule has 0 saturated heterocycles. The quantitative estimate of drug-likeness (QED) is 0.441. The number of nitrogens with two attached hydrogens (primary N) is 2. The zero-order valence-corrected chi connectivity index (χ0v) is 11.5. The first-order valence-electron chi connectivity index (χ1n) is 5.53. The Labute approximate surface area is 112 Å². The van der Waals surface area contributed by atoms with E-state index >= 15 is 0 Å². The molecule has 0 spiro atoms. The number of thiocarbonyl (C=S) groups is 1. The van der Waals surface area contributed by atoms with Crippen LogP contribution in [-0.2, 0) is 0 Å². The van der Waals surface area contributed by atoms with Crippen molar-refractivity contribution in [3.05, 3.63) is 23.8 Å². The van der Waals surface area contributed by atoms with Crippen LogP contribution in [0.4, 0.5) is 5.69 Å². The highest BCUT2D eigenvalue weighted by molar-refractivity contribution is 7.80. The van der Waals surface area contributed by atoms with Crippen LogP contribution in [0, 0.1) is 0 Å². The number of hydrogen-bond acceptors (Lipinski definition) is 2. The second-order valence-corrected chi connectivity index (χ2v) is 4.43. The summed E-state index contributed by atoms with van der Waals surface area (Å²) in [6.45, 7) is 4.17. The predicted molar refractivity (Wildman–Crippen MR) is 79.1 cm³/mol. The number of nitrogens with zero attached hydrogens (tertiary/aromatic N) is 1. The van der Waals surface area contributed by atoms with Crippen molar-refractivity contribution >= 4 is 29.0 Å². The lowest BCUT2D eigenvalue weighted by Gasteiger charge is -2.17. The summed E-state index contributed by atoms with van der Waals surface area (Å²) in [5.41, 5.74) is 12.5. The molecular formula is C12H18N4OS. The van der Waals surface area contributed by atoms with Gasteiger partial charge in [-0.25, -0.2) is 0 Å². The number of hydrogen-bond donors (Lipinski definition) is 3. The Morgan fingerprint density at radius 3 is 2.56 bits per heavy atom. The van der Waals surface area contributed by atoms with E-state index in [1.54, 1.807) is 7.11 Å². The van der Waals surface area contributed by atoms with Gasteiger partial charge in [-0.2, -0.15) is 4.99 Å². The summed E-state index contributed by atoms with van der Waals surface area (Å²) >= 11 is 5.05. The molecule has 0 unspecified atom stereocenters. The second kappa shape index (κ2) is 6.20. The smallest absolute Gasteiger partial charge is 0.200 e. The zero-order chi connectivity index (χ0) is 13.7. The third-order valence-corrected chi connectivity index (χ3v) is 2.56. The third-order valence-electron chi connectivity index (χ3n) is 2.36. The molecule has 5 N–H and O–H groups in total. The molecule has 0 saturated carbocycles. The normalized spacial score (nSPS) is 10.0. The Balaban J connectivity index is 3.12. The molecule has 0 aromatic heterocycles. The number of aliphatic imine (C=N–C) groups is 1. The highest BCUT2D eigenvalue weighted by Gasteiger charge is 2.12. The van der Waals surface area contributed by atoms with Crippen molar-refractivity contribution in [2.24, 2.45) is 16.5 Å². The fraction of sp³-hybridized carbons (Fsp3) is 0.333. The zero-order valence-electron chi connectivity index (χ0n) is 10.7. The molecule has 6 heteroatoms. The number of methoxy groups -OCH3 is 1. The summed E-state index contributed by atoms with van der Waals surface area (Å²) in [5, 5.41) is 3.21. The minimum atomic E-state index is -0.0755. The standard InChI is InChI=1S/C12H18N4OS/c1-7(2)8-5-4-6-9(17-3)10(8)15-12(18)16-11(13)14/h4-7H,1-3H3,(H5,13,14,15,16,18). The summed E-state index contributed by atoms with van der Waals surface area (Å²) < 4.78 is 5.31. The van der Waals surface area contributed by atoms with Gasteiger partial charge in [0.25, 0.3) is 0 Å². The SMILES string of the molecule is COc1cccc(C(C)C)c1NC(=S)N=C(N)N. The molecule has 1 rings (SSSR count). The average molecular weight is 266 g/mol. The van der Waals surface area contributed by atoms with Gasteiger partial charge in [0.15, 0.2) is 5.96 Å². The Morgan fingerprint density at radius 2 is 2.06 bits per heavy atom. The van der Waals surface area contributed by atoms with Gasteiger partial charge in [-0.15, -0.1) is 0 Å². The molecule has 0 aliphatic rings. The van der Waals surface area contributed by atoms with E-state index in [0.717, 1.165) is 11.3 Å². The Bertz CT molecular complexity index is 467. The largest absolute Gasteiger partial charge is 0.495 e. The molecule has 1 aromatic carbocycles. The van der Waals surface area contributed by atoms with Crippen LogP contribution >= 0.6 is 12.2 Å². The number of para-hydroxylation sites is 1. The molecule has 0 heterocycles. The van der Waals surface area contributed by atoms with Gasteiger partial charge in [0.2, 0.25) is 5.11 Å². The first-order chi connectivity index (χ1) is 8.45. The molecule has 0 radical (unpaired) electrons. The topological polar surface area (TPSA) is 85.7 Å². The van der Waals surface area contributed by atoms with E-state index in [0.29, 0.717) is 11.7 Å². The Hall–Kier alpha value is -1.82. The van der Waals surface area contributed by atoms with Gasteiger partial charge in [0, 0.05) is 0 Å². The molecule has 98 valence electrons. The second-order valence-electron chi connectivity index (χ2n) is 4.05. The van der Waals surface area contributed by atoms with E-state index in [9.17, 15) is 0 Å². The van der Waals surface area contributed by atoms with E-state index < -0.39 is 0 Å². The molecule has 0 aliphatic carbocycles. The maximum atomic E-state index is 5.31. The van der Waals surface area contributed by atoms with Crippen molar-refractivity contribution in [1.82, 2.24) is 0 Å². The molecule has 0 fully saturated rings. The van der Waals surface area contributed by atoms with E-state index in [-0.39, 0.29) is 11.1 Å². The van der Waals surface area contributed by atoms with Crippen LogP contribution in [-0.4, -0.2) is 18.2 Å². The van der Waals surface area contributed by atoms with Crippen molar-refractivity contribution in [3.8, 4) is 5.75 Å². The van der Waals surface area contributed by atoms with Gasteiger partial charge in [-0.05, 0) is 29.8 Å². The number of anilines is 1. The summed E-state index contributed by atoms with van der Waals surface area (Å²) in [4.78, 5) is 3.79. The lowest BCUT2D eigenvalue weighted by Crippen LogP contribution is -2.25. The van der Waals surface area contributed by atoms with Crippen molar-refractivity contribution < 1.29 is 4.74 Å². The molecule has 0 bridgehead atoms.